The van der Waals surface area contributed by atoms with Crippen molar-refractivity contribution in [3.63, 3.8) is 0 Å². The highest BCUT2D eigenvalue weighted by Gasteiger charge is 2.23. The molecular weight excluding hydrogens is 394 g/mol. The van der Waals surface area contributed by atoms with E-state index < -0.39 is 16.0 Å². The van der Waals surface area contributed by atoms with Crippen LogP contribution in [0.3, 0.4) is 0 Å². The summed E-state index contributed by atoms with van der Waals surface area (Å²) in [6.45, 7) is 5.96. The molecule has 0 saturated heterocycles. The highest BCUT2D eigenvalue weighted by atomic mass is 79.9. The van der Waals surface area contributed by atoms with E-state index in [-0.39, 0.29) is 21.6 Å². The van der Waals surface area contributed by atoms with Gasteiger partial charge in [0.2, 0.25) is 0 Å². The van der Waals surface area contributed by atoms with Gasteiger partial charge in [0.1, 0.15) is 4.90 Å². The fourth-order valence-corrected chi connectivity index (χ4v) is 4.20. The Morgan fingerprint density at radius 2 is 1.75 bits per heavy atom. The normalized spacial score (nSPS) is 12.0. The number of aromatic carboxylic acids is 1. The van der Waals surface area contributed by atoms with Crippen molar-refractivity contribution in [3.8, 4) is 0 Å². The number of halogens is 1. The van der Waals surface area contributed by atoms with E-state index in [9.17, 15) is 18.3 Å². The Balaban J connectivity index is 2.51. The van der Waals surface area contributed by atoms with Gasteiger partial charge in [0.05, 0.1) is 11.3 Å². The molecule has 0 heterocycles. The van der Waals surface area contributed by atoms with Crippen LogP contribution < -0.4 is 4.72 Å². The maximum Gasteiger partial charge on any atom is 0.337 e. The lowest BCUT2D eigenvalue weighted by atomic mass is 9.87. The second-order valence-corrected chi connectivity index (χ2v) is 8.86. The maximum atomic E-state index is 12.7. The summed E-state index contributed by atoms with van der Waals surface area (Å²) in [4.78, 5) is 11.3. The van der Waals surface area contributed by atoms with Crippen molar-refractivity contribution >= 4 is 37.6 Å². The number of rotatable bonds is 4. The van der Waals surface area contributed by atoms with Gasteiger partial charge in [0.25, 0.3) is 10.0 Å². The van der Waals surface area contributed by atoms with Crippen LogP contribution in [0.1, 0.15) is 36.7 Å². The van der Waals surface area contributed by atoms with Crippen molar-refractivity contribution in [3.05, 3.63) is 58.1 Å². The van der Waals surface area contributed by atoms with Gasteiger partial charge in [-0.3, -0.25) is 4.72 Å². The number of nitrogens with one attached hydrogen (secondary N) is 1. The first kappa shape index (κ1) is 18.5. The number of carbonyl (C=O) groups is 1. The number of carboxylic acids is 1. The fraction of sp³-hybridized carbons (Fsp3) is 0.235. The van der Waals surface area contributed by atoms with Crippen molar-refractivity contribution in [2.45, 2.75) is 31.1 Å². The molecule has 0 unspecified atom stereocenters. The van der Waals surface area contributed by atoms with Gasteiger partial charge in [-0.05, 0) is 51.2 Å². The van der Waals surface area contributed by atoms with Crippen LogP contribution >= 0.6 is 15.9 Å². The van der Waals surface area contributed by atoms with Crippen molar-refractivity contribution in [1.82, 2.24) is 0 Å². The summed E-state index contributed by atoms with van der Waals surface area (Å²) in [5.41, 5.74) is 0.559. The first-order valence-corrected chi connectivity index (χ1v) is 9.45. The van der Waals surface area contributed by atoms with Gasteiger partial charge in [0.15, 0.2) is 0 Å². The molecule has 0 saturated carbocycles. The van der Waals surface area contributed by atoms with Gasteiger partial charge in [-0.2, -0.15) is 0 Å². The van der Waals surface area contributed by atoms with E-state index in [0.717, 1.165) is 5.56 Å². The number of benzene rings is 2. The Kier molecular flexibility index (Phi) is 5.05. The summed E-state index contributed by atoms with van der Waals surface area (Å²) in [6, 6.07) is 11.0. The number of hydrogen-bond acceptors (Lipinski definition) is 3. The predicted octanol–water partition coefficient (Wildman–Crippen LogP) is 4.25. The number of anilines is 1. The van der Waals surface area contributed by atoms with E-state index in [2.05, 4.69) is 20.7 Å². The smallest absolute Gasteiger partial charge is 0.337 e. The summed E-state index contributed by atoms with van der Waals surface area (Å²) in [5, 5.41) is 9.19. The van der Waals surface area contributed by atoms with Crippen LogP contribution in [-0.4, -0.2) is 19.5 Å². The van der Waals surface area contributed by atoms with E-state index in [1.807, 2.05) is 26.8 Å². The SMILES string of the molecule is CC(C)(C)c1ccc(Br)c(S(=O)(=O)Nc2ccccc2C(=O)O)c1. The molecule has 0 aliphatic carbocycles. The van der Waals surface area contributed by atoms with Crippen molar-refractivity contribution in [1.29, 1.82) is 0 Å². The minimum Gasteiger partial charge on any atom is -0.478 e. The van der Waals surface area contributed by atoms with Crippen LogP contribution in [0.2, 0.25) is 0 Å². The van der Waals surface area contributed by atoms with Gasteiger partial charge in [-0.15, -0.1) is 0 Å². The molecule has 0 aromatic heterocycles. The molecule has 0 fully saturated rings. The molecule has 0 atom stereocenters. The van der Waals surface area contributed by atoms with Crippen molar-refractivity contribution in [2.75, 3.05) is 4.72 Å². The molecule has 0 radical (unpaired) electrons. The first-order valence-electron chi connectivity index (χ1n) is 7.17. The van der Waals surface area contributed by atoms with E-state index in [4.69, 9.17) is 0 Å². The Morgan fingerprint density at radius 3 is 2.33 bits per heavy atom. The zero-order chi connectivity index (χ0) is 18.1. The Morgan fingerprint density at radius 1 is 1.12 bits per heavy atom. The molecule has 0 bridgehead atoms. The van der Waals surface area contributed by atoms with E-state index >= 15 is 0 Å². The Hall–Kier alpha value is -1.86. The monoisotopic (exact) mass is 411 g/mol. The van der Waals surface area contributed by atoms with E-state index in [1.54, 1.807) is 18.2 Å². The zero-order valence-corrected chi connectivity index (χ0v) is 15.9. The maximum absolute atomic E-state index is 12.7. The third-order valence-electron chi connectivity index (χ3n) is 3.49. The van der Waals surface area contributed by atoms with Crippen molar-refractivity contribution in [2.24, 2.45) is 0 Å². The molecule has 0 aliphatic heterocycles. The van der Waals surface area contributed by atoms with Gasteiger partial charge >= 0.3 is 5.97 Å². The Labute approximate surface area is 149 Å². The molecule has 2 aromatic carbocycles. The first-order chi connectivity index (χ1) is 11.0. The lowest BCUT2D eigenvalue weighted by Crippen LogP contribution is -2.18. The molecule has 2 aromatic rings. The molecule has 2 rings (SSSR count). The lowest BCUT2D eigenvalue weighted by molar-refractivity contribution is 0.0698. The quantitative estimate of drug-likeness (QED) is 0.787. The topological polar surface area (TPSA) is 83.5 Å². The second kappa shape index (κ2) is 6.57. The molecule has 7 heteroatoms. The summed E-state index contributed by atoms with van der Waals surface area (Å²) in [6.07, 6.45) is 0. The zero-order valence-electron chi connectivity index (χ0n) is 13.5. The van der Waals surface area contributed by atoms with Crippen LogP contribution in [0.4, 0.5) is 5.69 Å². The third-order valence-corrected chi connectivity index (χ3v) is 5.85. The summed E-state index contributed by atoms with van der Waals surface area (Å²) >= 11 is 3.26. The molecule has 0 spiro atoms. The van der Waals surface area contributed by atoms with E-state index in [1.165, 1.54) is 18.2 Å². The number of sulfonamides is 1. The average molecular weight is 412 g/mol. The highest BCUT2D eigenvalue weighted by Crippen LogP contribution is 2.31. The molecule has 0 aliphatic rings. The third kappa shape index (κ3) is 3.96. The van der Waals surface area contributed by atoms with Gasteiger partial charge in [-0.25, -0.2) is 13.2 Å². The number of para-hydroxylation sites is 1. The number of hydrogen-bond donors (Lipinski definition) is 2. The highest BCUT2D eigenvalue weighted by molar-refractivity contribution is 9.10. The lowest BCUT2D eigenvalue weighted by Gasteiger charge is -2.20. The van der Waals surface area contributed by atoms with Crippen LogP contribution in [-0.2, 0) is 15.4 Å². The standard InChI is InChI=1S/C17H18BrNO4S/c1-17(2,3)11-8-9-13(18)15(10-11)24(22,23)19-14-7-5-4-6-12(14)16(20)21/h4-10,19H,1-3H3,(H,20,21). The van der Waals surface area contributed by atoms with Gasteiger partial charge < -0.3 is 5.11 Å². The number of carboxylic acid groups (broad SMARTS) is 1. The predicted molar refractivity (Wildman–Crippen MR) is 97.1 cm³/mol. The molecule has 24 heavy (non-hydrogen) atoms. The fourth-order valence-electron chi connectivity index (χ4n) is 2.13. The summed E-state index contributed by atoms with van der Waals surface area (Å²) < 4.78 is 28.3. The summed E-state index contributed by atoms with van der Waals surface area (Å²) in [5.74, 6) is -1.20. The minimum absolute atomic E-state index is 0.0260. The molecule has 0 amide bonds. The van der Waals surface area contributed by atoms with Gasteiger partial charge in [0, 0.05) is 4.47 Å². The second-order valence-electron chi connectivity index (χ2n) is 6.35. The minimum atomic E-state index is -3.94. The largest absolute Gasteiger partial charge is 0.478 e. The van der Waals surface area contributed by atoms with Gasteiger partial charge in [-0.1, -0.05) is 39.0 Å². The van der Waals surface area contributed by atoms with Crippen LogP contribution in [0.25, 0.3) is 0 Å². The van der Waals surface area contributed by atoms with E-state index in [0.29, 0.717) is 4.47 Å². The van der Waals surface area contributed by atoms with Crippen LogP contribution in [0.5, 0.6) is 0 Å². The average Bonchev–Trinajstić information content (AvgIpc) is 2.46. The van der Waals surface area contributed by atoms with Crippen LogP contribution in [0, 0.1) is 0 Å². The van der Waals surface area contributed by atoms with Crippen LogP contribution in [0.15, 0.2) is 51.8 Å². The molecule has 128 valence electrons. The molecule has 2 N–H and O–H groups in total. The molecular formula is C17H18BrNO4S. The summed E-state index contributed by atoms with van der Waals surface area (Å²) in [7, 11) is -3.94. The Bertz CT molecular complexity index is 886. The molecule has 5 nitrogen and oxygen atoms in total. The van der Waals surface area contributed by atoms with Crippen molar-refractivity contribution < 1.29 is 18.3 Å².